The molecule has 1 saturated heterocycles. The summed E-state index contributed by atoms with van der Waals surface area (Å²) in [5.74, 6) is 0.195. The Bertz CT molecular complexity index is 609. The number of para-hydroxylation sites is 1. The smallest absolute Gasteiger partial charge is 0.244 e. The van der Waals surface area contributed by atoms with Gasteiger partial charge in [-0.05, 0) is 25.8 Å². The topological polar surface area (TPSA) is 38.1 Å². The molecule has 0 radical (unpaired) electrons. The van der Waals surface area contributed by atoms with Crippen LogP contribution in [-0.2, 0) is 11.3 Å². The van der Waals surface area contributed by atoms with Gasteiger partial charge in [0.1, 0.15) is 6.54 Å². The number of aryl methyl sites for hydroxylation is 1. The van der Waals surface area contributed by atoms with Crippen LogP contribution in [0, 0.1) is 6.92 Å². The fraction of sp³-hybridized carbons (Fsp3) is 0.500. The maximum atomic E-state index is 12.4. The zero-order valence-electron chi connectivity index (χ0n) is 12.0. The highest BCUT2D eigenvalue weighted by Crippen LogP contribution is 2.18. The summed E-state index contributed by atoms with van der Waals surface area (Å²) < 4.78 is 1.85. The van der Waals surface area contributed by atoms with E-state index in [4.69, 9.17) is 0 Å². The number of benzene rings is 1. The third kappa shape index (κ3) is 2.55. The van der Waals surface area contributed by atoms with E-state index in [0.29, 0.717) is 6.54 Å². The molecule has 0 spiro atoms. The Morgan fingerprint density at radius 2 is 1.85 bits per heavy atom. The first-order chi connectivity index (χ1) is 9.75. The summed E-state index contributed by atoms with van der Waals surface area (Å²) in [6.45, 7) is 4.15. The van der Waals surface area contributed by atoms with Crippen LogP contribution >= 0.6 is 0 Å². The number of likely N-dealkylation sites (tertiary alicyclic amines) is 1. The van der Waals surface area contributed by atoms with Gasteiger partial charge in [-0.15, -0.1) is 0 Å². The lowest BCUT2D eigenvalue weighted by molar-refractivity contribution is -0.131. The van der Waals surface area contributed by atoms with E-state index in [-0.39, 0.29) is 5.91 Å². The summed E-state index contributed by atoms with van der Waals surface area (Å²) in [6, 6.07) is 8.10. The number of carbonyl (C=O) groups excluding carboxylic acids is 1. The van der Waals surface area contributed by atoms with Gasteiger partial charge in [0.15, 0.2) is 0 Å². The van der Waals surface area contributed by atoms with Gasteiger partial charge in [0.25, 0.3) is 0 Å². The van der Waals surface area contributed by atoms with E-state index < -0.39 is 0 Å². The lowest BCUT2D eigenvalue weighted by atomic mass is 10.2. The lowest BCUT2D eigenvalue weighted by Crippen LogP contribution is -2.34. The van der Waals surface area contributed by atoms with Crippen molar-refractivity contribution < 1.29 is 4.79 Å². The van der Waals surface area contributed by atoms with Crippen LogP contribution < -0.4 is 0 Å². The molecular weight excluding hydrogens is 250 g/mol. The van der Waals surface area contributed by atoms with Crippen molar-refractivity contribution in [3.63, 3.8) is 0 Å². The highest BCUT2D eigenvalue weighted by Gasteiger charge is 2.17. The first-order valence-electron chi connectivity index (χ1n) is 7.45. The van der Waals surface area contributed by atoms with Crippen LogP contribution in [0.5, 0.6) is 0 Å². The van der Waals surface area contributed by atoms with Gasteiger partial charge in [-0.25, -0.2) is 0 Å². The third-order valence-electron chi connectivity index (χ3n) is 4.09. The number of carbonyl (C=O) groups is 1. The van der Waals surface area contributed by atoms with Crippen molar-refractivity contribution in [3.05, 3.63) is 30.0 Å². The van der Waals surface area contributed by atoms with Crippen LogP contribution in [0.15, 0.2) is 24.3 Å². The van der Waals surface area contributed by atoms with Crippen LogP contribution in [0.3, 0.4) is 0 Å². The molecule has 1 aliphatic heterocycles. The second kappa shape index (κ2) is 5.65. The van der Waals surface area contributed by atoms with Crippen LogP contribution in [0.1, 0.15) is 31.4 Å². The molecule has 0 unspecified atom stereocenters. The number of hydrogen-bond donors (Lipinski definition) is 0. The Balaban J connectivity index is 1.80. The Hall–Kier alpha value is -1.84. The Morgan fingerprint density at radius 1 is 1.15 bits per heavy atom. The summed E-state index contributed by atoms with van der Waals surface area (Å²) in [4.78, 5) is 14.4. The van der Waals surface area contributed by atoms with Crippen molar-refractivity contribution in [1.82, 2.24) is 14.7 Å². The zero-order valence-corrected chi connectivity index (χ0v) is 12.0. The number of aromatic nitrogens is 2. The maximum Gasteiger partial charge on any atom is 0.244 e. The van der Waals surface area contributed by atoms with E-state index in [2.05, 4.69) is 11.2 Å². The summed E-state index contributed by atoms with van der Waals surface area (Å²) >= 11 is 0. The minimum atomic E-state index is 0.195. The highest BCUT2D eigenvalue weighted by molar-refractivity contribution is 5.84. The number of amides is 1. The second-order valence-electron chi connectivity index (χ2n) is 5.56. The van der Waals surface area contributed by atoms with Crippen molar-refractivity contribution in [1.29, 1.82) is 0 Å². The quantitative estimate of drug-likeness (QED) is 0.842. The average Bonchev–Trinajstić information content (AvgIpc) is 2.67. The van der Waals surface area contributed by atoms with E-state index in [0.717, 1.165) is 42.5 Å². The Labute approximate surface area is 119 Å². The number of rotatable bonds is 2. The molecule has 0 N–H and O–H groups in total. The van der Waals surface area contributed by atoms with E-state index in [1.807, 2.05) is 34.7 Å². The molecule has 2 aromatic rings. The van der Waals surface area contributed by atoms with Crippen molar-refractivity contribution in [2.75, 3.05) is 13.1 Å². The SMILES string of the molecule is Cc1nn(CC(=O)N2CCCCCC2)c2ccccc12. The molecule has 106 valence electrons. The first kappa shape index (κ1) is 13.2. The molecule has 0 aliphatic carbocycles. The summed E-state index contributed by atoms with van der Waals surface area (Å²) in [6.07, 6.45) is 4.75. The molecular formula is C16H21N3O. The van der Waals surface area contributed by atoms with Gasteiger partial charge in [0.2, 0.25) is 5.91 Å². The van der Waals surface area contributed by atoms with E-state index in [1.165, 1.54) is 12.8 Å². The minimum absolute atomic E-state index is 0.195. The van der Waals surface area contributed by atoms with Crippen molar-refractivity contribution in [3.8, 4) is 0 Å². The molecule has 1 aromatic heterocycles. The molecule has 1 aliphatic rings. The average molecular weight is 271 g/mol. The van der Waals surface area contributed by atoms with Gasteiger partial charge in [0.05, 0.1) is 11.2 Å². The van der Waals surface area contributed by atoms with E-state index in [1.54, 1.807) is 0 Å². The van der Waals surface area contributed by atoms with Crippen molar-refractivity contribution >= 4 is 16.8 Å². The van der Waals surface area contributed by atoms with Crippen LogP contribution in [0.25, 0.3) is 10.9 Å². The minimum Gasteiger partial charge on any atom is -0.341 e. The molecule has 3 rings (SSSR count). The van der Waals surface area contributed by atoms with Gasteiger partial charge < -0.3 is 4.90 Å². The Morgan fingerprint density at radius 3 is 2.60 bits per heavy atom. The second-order valence-corrected chi connectivity index (χ2v) is 5.56. The molecule has 20 heavy (non-hydrogen) atoms. The Kier molecular flexibility index (Phi) is 3.72. The number of nitrogens with zero attached hydrogens (tertiary/aromatic N) is 3. The van der Waals surface area contributed by atoms with E-state index in [9.17, 15) is 4.79 Å². The molecule has 4 nitrogen and oxygen atoms in total. The van der Waals surface area contributed by atoms with Gasteiger partial charge >= 0.3 is 0 Å². The number of fused-ring (bicyclic) bond motifs is 1. The normalized spacial score (nSPS) is 16.4. The first-order valence-corrected chi connectivity index (χ1v) is 7.45. The van der Waals surface area contributed by atoms with Crippen LogP contribution in [0.2, 0.25) is 0 Å². The molecule has 2 heterocycles. The predicted octanol–water partition coefficient (Wildman–Crippen LogP) is 2.75. The molecule has 0 atom stereocenters. The largest absolute Gasteiger partial charge is 0.341 e. The van der Waals surface area contributed by atoms with Gasteiger partial charge in [-0.1, -0.05) is 31.0 Å². The van der Waals surface area contributed by atoms with E-state index >= 15 is 0 Å². The van der Waals surface area contributed by atoms with Crippen LogP contribution in [-0.4, -0.2) is 33.7 Å². The highest BCUT2D eigenvalue weighted by atomic mass is 16.2. The summed E-state index contributed by atoms with van der Waals surface area (Å²) in [5.41, 5.74) is 2.04. The lowest BCUT2D eigenvalue weighted by Gasteiger charge is -2.20. The molecule has 1 fully saturated rings. The standard InChI is InChI=1S/C16H21N3O/c1-13-14-8-4-5-9-15(14)19(17-13)12-16(20)18-10-6-2-3-7-11-18/h4-5,8-9H,2-3,6-7,10-12H2,1H3. The molecule has 1 amide bonds. The van der Waals surface area contributed by atoms with Crippen molar-refractivity contribution in [2.45, 2.75) is 39.2 Å². The fourth-order valence-corrected chi connectivity index (χ4v) is 2.96. The zero-order chi connectivity index (χ0) is 13.9. The molecule has 0 saturated carbocycles. The summed E-state index contributed by atoms with van der Waals surface area (Å²) in [7, 11) is 0. The molecule has 0 bridgehead atoms. The molecule has 1 aromatic carbocycles. The van der Waals surface area contributed by atoms with Gasteiger partial charge in [0, 0.05) is 18.5 Å². The fourth-order valence-electron chi connectivity index (χ4n) is 2.96. The molecule has 4 heteroatoms. The third-order valence-corrected chi connectivity index (χ3v) is 4.09. The van der Waals surface area contributed by atoms with Crippen molar-refractivity contribution in [2.24, 2.45) is 0 Å². The van der Waals surface area contributed by atoms with Crippen LogP contribution in [0.4, 0.5) is 0 Å². The monoisotopic (exact) mass is 271 g/mol. The van der Waals surface area contributed by atoms with Gasteiger partial charge in [-0.2, -0.15) is 5.10 Å². The van der Waals surface area contributed by atoms with Gasteiger partial charge in [-0.3, -0.25) is 9.48 Å². The predicted molar refractivity (Wildman–Crippen MR) is 79.5 cm³/mol. The maximum absolute atomic E-state index is 12.4. The summed E-state index contributed by atoms with van der Waals surface area (Å²) in [5, 5.41) is 5.65. The number of hydrogen-bond acceptors (Lipinski definition) is 2.